The van der Waals surface area contributed by atoms with Crippen LogP contribution in [0.3, 0.4) is 0 Å². The molecular weight excluding hydrogens is 286 g/mol. The lowest BCUT2D eigenvalue weighted by atomic mass is 10.1. The van der Waals surface area contributed by atoms with Crippen molar-refractivity contribution in [2.45, 2.75) is 71.1 Å². The van der Waals surface area contributed by atoms with E-state index in [0.29, 0.717) is 5.56 Å². The maximum Gasteiger partial charge on any atom is 0.277 e. The lowest BCUT2D eigenvalue weighted by Crippen LogP contribution is -2.29. The minimum atomic E-state index is -0.162. The zero-order valence-electron chi connectivity index (χ0n) is 14.8. The average molecular weight is 318 g/mol. The normalized spacial score (nSPS) is 11.0. The second kappa shape index (κ2) is 12.8. The van der Waals surface area contributed by atoms with E-state index < -0.39 is 0 Å². The predicted molar refractivity (Wildman–Crippen MR) is 95.4 cm³/mol. The highest BCUT2D eigenvalue weighted by atomic mass is 16.2. The fourth-order valence-corrected chi connectivity index (χ4v) is 2.50. The van der Waals surface area contributed by atoms with Crippen LogP contribution in [0.4, 0.5) is 0 Å². The summed E-state index contributed by atoms with van der Waals surface area (Å²) in [7, 11) is 1.89. The van der Waals surface area contributed by atoms with E-state index in [2.05, 4.69) is 17.5 Å². The lowest BCUT2D eigenvalue weighted by molar-refractivity contribution is -0.671. The molecule has 4 nitrogen and oxygen atoms in total. The number of carbonyl (C=O) groups excluding carboxylic acids is 1. The molecule has 0 atom stereocenters. The molecule has 0 bridgehead atoms. The summed E-state index contributed by atoms with van der Waals surface area (Å²) in [6.07, 6.45) is 18.3. The number of hydrogen-bond acceptors (Lipinski definition) is 2. The smallest absolute Gasteiger partial charge is 0.267 e. The predicted octanol–water partition coefficient (Wildman–Crippen LogP) is 4.15. The van der Waals surface area contributed by atoms with Gasteiger partial charge in [0.2, 0.25) is 0 Å². The fraction of sp³-hybridized carbons (Fsp3) is 0.632. The van der Waals surface area contributed by atoms with E-state index >= 15 is 0 Å². The van der Waals surface area contributed by atoms with E-state index in [-0.39, 0.29) is 5.91 Å². The molecule has 1 rings (SSSR count). The number of nitrogens with one attached hydrogen (secondary N) is 1. The molecule has 4 heteroatoms. The molecule has 0 saturated heterocycles. The Kier molecular flexibility index (Phi) is 10.8. The average Bonchev–Trinajstić information content (AvgIpc) is 2.55. The van der Waals surface area contributed by atoms with Gasteiger partial charge in [0, 0.05) is 12.3 Å². The minimum Gasteiger partial charge on any atom is -0.267 e. The largest absolute Gasteiger partial charge is 0.277 e. The molecule has 0 aliphatic carbocycles. The van der Waals surface area contributed by atoms with Crippen molar-refractivity contribution in [3.05, 3.63) is 30.1 Å². The van der Waals surface area contributed by atoms with Gasteiger partial charge in [-0.1, -0.05) is 58.3 Å². The Morgan fingerprint density at radius 1 is 1.13 bits per heavy atom. The highest BCUT2D eigenvalue weighted by Crippen LogP contribution is 2.09. The summed E-state index contributed by atoms with van der Waals surface area (Å²) < 4.78 is 1.85. The Bertz CT molecular complexity index is 471. The van der Waals surface area contributed by atoms with Crippen LogP contribution >= 0.6 is 0 Å². The zero-order chi connectivity index (χ0) is 16.8. The zero-order valence-corrected chi connectivity index (χ0v) is 14.8. The highest BCUT2D eigenvalue weighted by molar-refractivity contribution is 5.93. The van der Waals surface area contributed by atoms with Crippen LogP contribution < -0.4 is 9.99 Å². The molecule has 0 aromatic carbocycles. The molecule has 0 unspecified atom stereocenters. The van der Waals surface area contributed by atoms with Crippen molar-refractivity contribution in [3.63, 3.8) is 0 Å². The van der Waals surface area contributed by atoms with Gasteiger partial charge in [-0.2, -0.15) is 5.10 Å². The summed E-state index contributed by atoms with van der Waals surface area (Å²) in [6, 6.07) is 3.63. The summed E-state index contributed by atoms with van der Waals surface area (Å²) in [6.45, 7) is 2.25. The first-order valence-corrected chi connectivity index (χ1v) is 9.01. The van der Waals surface area contributed by atoms with Crippen LogP contribution in [-0.4, -0.2) is 12.1 Å². The van der Waals surface area contributed by atoms with E-state index in [1.807, 2.05) is 30.1 Å². The number of rotatable bonds is 12. The van der Waals surface area contributed by atoms with Crippen LogP contribution in [0, 0.1) is 0 Å². The number of pyridine rings is 1. The third kappa shape index (κ3) is 9.82. The topological polar surface area (TPSA) is 45.3 Å². The van der Waals surface area contributed by atoms with Gasteiger partial charge in [-0.3, -0.25) is 4.79 Å². The van der Waals surface area contributed by atoms with Crippen molar-refractivity contribution in [2.24, 2.45) is 12.1 Å². The van der Waals surface area contributed by atoms with Gasteiger partial charge in [-0.15, -0.1) is 0 Å². The van der Waals surface area contributed by atoms with Crippen molar-refractivity contribution in [1.29, 1.82) is 0 Å². The quantitative estimate of drug-likeness (QED) is 0.268. The number of nitrogens with zero attached hydrogens (tertiary/aromatic N) is 2. The highest BCUT2D eigenvalue weighted by Gasteiger charge is 2.06. The molecule has 0 aliphatic heterocycles. The van der Waals surface area contributed by atoms with Gasteiger partial charge in [0.05, 0.1) is 0 Å². The van der Waals surface area contributed by atoms with E-state index in [9.17, 15) is 4.79 Å². The van der Waals surface area contributed by atoms with Crippen molar-refractivity contribution in [3.8, 4) is 0 Å². The maximum atomic E-state index is 11.8. The van der Waals surface area contributed by atoms with Gasteiger partial charge in [0.1, 0.15) is 12.6 Å². The number of unbranched alkanes of at least 4 members (excludes halogenated alkanes) is 9. The summed E-state index contributed by atoms with van der Waals surface area (Å²) in [5, 5.41) is 4.01. The van der Waals surface area contributed by atoms with E-state index in [1.165, 1.54) is 51.4 Å². The first-order valence-electron chi connectivity index (χ1n) is 9.01. The number of aromatic nitrogens is 1. The van der Waals surface area contributed by atoms with Gasteiger partial charge in [-0.25, -0.2) is 9.99 Å². The molecule has 23 heavy (non-hydrogen) atoms. The number of carbonyl (C=O) groups is 1. The summed E-state index contributed by atoms with van der Waals surface area (Å²) in [4.78, 5) is 11.8. The molecule has 0 spiro atoms. The Balaban J connectivity index is 1.99. The first kappa shape index (κ1) is 19.3. The lowest BCUT2D eigenvalue weighted by Gasteiger charge is -2.00. The SMILES string of the molecule is CCCCCCCCCCCC=NNC(=O)c1ccc[n+](C)c1. The molecule has 1 heterocycles. The third-order valence-electron chi connectivity index (χ3n) is 3.90. The van der Waals surface area contributed by atoms with Crippen molar-refractivity contribution in [1.82, 2.24) is 5.43 Å². The van der Waals surface area contributed by atoms with Crippen LogP contribution in [0.1, 0.15) is 81.5 Å². The maximum absolute atomic E-state index is 11.8. The Hall–Kier alpha value is -1.71. The number of amides is 1. The molecule has 1 amide bonds. The van der Waals surface area contributed by atoms with Gasteiger partial charge < -0.3 is 0 Å². The van der Waals surface area contributed by atoms with Gasteiger partial charge >= 0.3 is 0 Å². The molecule has 1 aromatic rings. The van der Waals surface area contributed by atoms with Crippen LogP contribution in [0.2, 0.25) is 0 Å². The van der Waals surface area contributed by atoms with E-state index in [1.54, 1.807) is 12.3 Å². The molecule has 0 fully saturated rings. The summed E-state index contributed by atoms with van der Waals surface area (Å²) >= 11 is 0. The van der Waals surface area contributed by atoms with Crippen molar-refractivity contribution in [2.75, 3.05) is 0 Å². The fourth-order valence-electron chi connectivity index (χ4n) is 2.50. The van der Waals surface area contributed by atoms with Gasteiger partial charge in [-0.05, 0) is 18.9 Å². The number of hydrogen-bond donors (Lipinski definition) is 1. The monoisotopic (exact) mass is 318 g/mol. The molecule has 1 N–H and O–H groups in total. The second-order valence-electron chi connectivity index (χ2n) is 6.13. The van der Waals surface area contributed by atoms with Crippen molar-refractivity contribution >= 4 is 12.1 Å². The molecular formula is C19H32N3O+. The minimum absolute atomic E-state index is 0.162. The van der Waals surface area contributed by atoms with E-state index in [0.717, 1.165) is 12.8 Å². The first-order chi connectivity index (χ1) is 11.2. The third-order valence-corrected chi connectivity index (χ3v) is 3.90. The molecule has 1 aromatic heterocycles. The number of aryl methyl sites for hydroxylation is 1. The van der Waals surface area contributed by atoms with Crippen molar-refractivity contribution < 1.29 is 9.36 Å². The molecule has 0 saturated carbocycles. The van der Waals surface area contributed by atoms with Crippen LogP contribution in [0.25, 0.3) is 0 Å². The summed E-state index contributed by atoms with van der Waals surface area (Å²) in [5.74, 6) is -0.162. The van der Waals surface area contributed by atoms with Crippen LogP contribution in [0.5, 0.6) is 0 Å². The Morgan fingerprint density at radius 2 is 1.78 bits per heavy atom. The standard InChI is InChI=1S/C19H31N3O/c1-3-4-5-6-7-8-9-10-11-12-15-20-21-19(23)18-14-13-16-22(2)17-18/h13-17H,3-12H2,1-2H3/p+1. The second-order valence-corrected chi connectivity index (χ2v) is 6.13. The molecule has 0 radical (unpaired) electrons. The molecule has 0 aliphatic rings. The van der Waals surface area contributed by atoms with Crippen LogP contribution in [0.15, 0.2) is 29.6 Å². The van der Waals surface area contributed by atoms with Gasteiger partial charge in [0.15, 0.2) is 12.4 Å². The number of hydrazone groups is 1. The Labute approximate surface area is 141 Å². The van der Waals surface area contributed by atoms with Crippen LogP contribution in [-0.2, 0) is 7.05 Å². The van der Waals surface area contributed by atoms with E-state index in [4.69, 9.17) is 0 Å². The Morgan fingerprint density at radius 3 is 2.43 bits per heavy atom. The summed E-state index contributed by atoms with van der Waals surface area (Å²) in [5.41, 5.74) is 3.19. The van der Waals surface area contributed by atoms with Gasteiger partial charge in [0.25, 0.3) is 5.91 Å². The molecule has 128 valence electrons.